The molecule has 1 aromatic heterocycles. The zero-order valence-electron chi connectivity index (χ0n) is 13.1. The summed E-state index contributed by atoms with van der Waals surface area (Å²) in [5.41, 5.74) is 1.55. The minimum atomic E-state index is -0.182. The number of carbonyl (C=O) groups is 2. The number of hydrogen-bond donors (Lipinski definition) is 1. The van der Waals surface area contributed by atoms with E-state index in [-0.39, 0.29) is 11.9 Å². The monoisotopic (exact) mass is 295 g/mol. The van der Waals surface area contributed by atoms with Gasteiger partial charge in [-0.05, 0) is 32.3 Å². The first-order valence-electron chi connectivity index (χ1n) is 7.54. The number of nitrogens with zero attached hydrogens (tertiary/aromatic N) is 2. The van der Waals surface area contributed by atoms with Crippen LogP contribution < -0.4 is 5.32 Å². The molecule has 1 N–H and O–H groups in total. The first-order valence-corrected chi connectivity index (χ1v) is 7.54. The van der Waals surface area contributed by atoms with Gasteiger partial charge in [0.15, 0.2) is 0 Å². The second-order valence-corrected chi connectivity index (χ2v) is 4.83. The molecule has 0 bridgehead atoms. The van der Waals surface area contributed by atoms with E-state index in [0.29, 0.717) is 25.2 Å². The summed E-state index contributed by atoms with van der Waals surface area (Å²) in [6.45, 7) is 5.28. The van der Waals surface area contributed by atoms with Crippen LogP contribution in [-0.2, 0) is 22.5 Å². The van der Waals surface area contributed by atoms with Crippen LogP contribution in [0.25, 0.3) is 0 Å². The lowest BCUT2D eigenvalue weighted by Crippen LogP contribution is -2.27. The molecule has 1 rings (SSSR count). The molecule has 0 unspecified atom stereocenters. The third kappa shape index (κ3) is 5.57. The highest BCUT2D eigenvalue weighted by Crippen LogP contribution is 2.06. The number of amides is 1. The van der Waals surface area contributed by atoms with Gasteiger partial charge in [0.2, 0.25) is 0 Å². The highest BCUT2D eigenvalue weighted by Gasteiger charge is 2.13. The molecule has 0 aromatic carbocycles. The fraction of sp³-hybridized carbons (Fsp3) is 0.667. The topological polar surface area (TPSA) is 73.2 Å². The molecule has 1 amide bonds. The van der Waals surface area contributed by atoms with Crippen LogP contribution in [0.2, 0.25) is 0 Å². The number of esters is 1. The Kier molecular flexibility index (Phi) is 7.50. The van der Waals surface area contributed by atoms with E-state index in [4.69, 9.17) is 0 Å². The largest absolute Gasteiger partial charge is 0.469 e. The van der Waals surface area contributed by atoms with Gasteiger partial charge in [-0.2, -0.15) is 5.10 Å². The third-order valence-electron chi connectivity index (χ3n) is 3.30. The number of carbonyl (C=O) groups excluding carboxylic acids is 2. The summed E-state index contributed by atoms with van der Waals surface area (Å²) in [4.78, 5) is 23.0. The Morgan fingerprint density at radius 2 is 2.05 bits per heavy atom. The average molecular weight is 295 g/mol. The Balaban J connectivity index is 2.31. The van der Waals surface area contributed by atoms with Crippen molar-refractivity contribution in [3.05, 3.63) is 17.5 Å². The fourth-order valence-electron chi connectivity index (χ4n) is 2.03. The van der Waals surface area contributed by atoms with Crippen molar-refractivity contribution in [3.8, 4) is 0 Å². The zero-order valence-corrected chi connectivity index (χ0v) is 13.1. The summed E-state index contributed by atoms with van der Waals surface area (Å²) in [5.74, 6) is -0.269. The van der Waals surface area contributed by atoms with Crippen LogP contribution in [-0.4, -0.2) is 35.3 Å². The number of aromatic nitrogens is 2. The minimum absolute atomic E-state index is 0.0861. The van der Waals surface area contributed by atoms with Crippen LogP contribution in [0.15, 0.2) is 6.07 Å². The molecule has 0 aliphatic heterocycles. The van der Waals surface area contributed by atoms with Gasteiger partial charge in [0, 0.05) is 19.5 Å². The number of rotatable bonds is 9. The molecule has 21 heavy (non-hydrogen) atoms. The van der Waals surface area contributed by atoms with Gasteiger partial charge in [0.05, 0.1) is 12.8 Å². The molecule has 0 fully saturated rings. The average Bonchev–Trinajstić information content (AvgIpc) is 2.93. The van der Waals surface area contributed by atoms with Crippen molar-refractivity contribution < 1.29 is 14.3 Å². The van der Waals surface area contributed by atoms with Crippen molar-refractivity contribution in [1.82, 2.24) is 15.1 Å². The molecule has 1 heterocycles. The van der Waals surface area contributed by atoms with Crippen LogP contribution in [0.5, 0.6) is 0 Å². The molecular formula is C15H25N3O3. The molecule has 0 spiro atoms. The van der Waals surface area contributed by atoms with Crippen LogP contribution in [0.4, 0.5) is 0 Å². The van der Waals surface area contributed by atoms with Gasteiger partial charge in [-0.15, -0.1) is 0 Å². The first kappa shape index (κ1) is 17.2. The van der Waals surface area contributed by atoms with E-state index < -0.39 is 0 Å². The molecular weight excluding hydrogens is 270 g/mol. The van der Waals surface area contributed by atoms with Gasteiger partial charge in [-0.25, -0.2) is 0 Å². The Morgan fingerprint density at radius 1 is 1.29 bits per heavy atom. The minimum Gasteiger partial charge on any atom is -0.469 e. The predicted molar refractivity (Wildman–Crippen MR) is 80.1 cm³/mol. The van der Waals surface area contributed by atoms with E-state index in [9.17, 15) is 9.59 Å². The number of ether oxygens (including phenoxy) is 1. The molecule has 0 saturated carbocycles. The lowest BCUT2D eigenvalue weighted by Gasteiger charge is -2.06. The molecule has 0 saturated heterocycles. The molecule has 6 heteroatoms. The van der Waals surface area contributed by atoms with Gasteiger partial charge in [-0.1, -0.05) is 13.3 Å². The summed E-state index contributed by atoms with van der Waals surface area (Å²) in [6.07, 6.45) is 3.79. The van der Waals surface area contributed by atoms with Crippen LogP contribution in [0.1, 0.15) is 55.7 Å². The maximum atomic E-state index is 12.1. The van der Waals surface area contributed by atoms with E-state index >= 15 is 0 Å². The standard InChI is InChI=1S/C15H25N3O3/c1-4-12-11-13(18(5-2)17-12)15(20)16-10-8-6-7-9-14(19)21-3/h11H,4-10H2,1-3H3,(H,16,20). The number of aryl methyl sites for hydroxylation is 2. The third-order valence-corrected chi connectivity index (χ3v) is 3.30. The van der Waals surface area contributed by atoms with E-state index in [2.05, 4.69) is 15.2 Å². The molecule has 118 valence electrons. The highest BCUT2D eigenvalue weighted by molar-refractivity contribution is 5.92. The molecule has 0 radical (unpaired) electrons. The van der Waals surface area contributed by atoms with E-state index in [1.807, 2.05) is 19.9 Å². The maximum Gasteiger partial charge on any atom is 0.305 e. The van der Waals surface area contributed by atoms with Crippen LogP contribution in [0.3, 0.4) is 0 Å². The lowest BCUT2D eigenvalue weighted by atomic mass is 10.2. The summed E-state index contributed by atoms with van der Waals surface area (Å²) in [5, 5.41) is 7.26. The predicted octanol–water partition coefficient (Wildman–Crippen LogP) is 1.93. The SMILES string of the molecule is CCc1cc(C(=O)NCCCCCC(=O)OC)n(CC)n1. The van der Waals surface area contributed by atoms with Crippen molar-refractivity contribution in [2.45, 2.75) is 52.5 Å². The molecule has 0 aliphatic rings. The molecule has 6 nitrogen and oxygen atoms in total. The van der Waals surface area contributed by atoms with E-state index in [1.165, 1.54) is 7.11 Å². The van der Waals surface area contributed by atoms with Gasteiger partial charge in [-0.3, -0.25) is 14.3 Å². The lowest BCUT2D eigenvalue weighted by molar-refractivity contribution is -0.140. The van der Waals surface area contributed by atoms with Gasteiger partial charge in [0.25, 0.3) is 5.91 Å². The zero-order chi connectivity index (χ0) is 15.7. The molecule has 0 atom stereocenters. The van der Waals surface area contributed by atoms with Crippen molar-refractivity contribution in [3.63, 3.8) is 0 Å². The Bertz CT molecular complexity index is 469. The van der Waals surface area contributed by atoms with Crippen molar-refractivity contribution in [2.75, 3.05) is 13.7 Å². The van der Waals surface area contributed by atoms with Gasteiger partial charge >= 0.3 is 5.97 Å². The van der Waals surface area contributed by atoms with Crippen LogP contribution >= 0.6 is 0 Å². The normalized spacial score (nSPS) is 10.4. The van der Waals surface area contributed by atoms with Gasteiger partial charge in [0.1, 0.15) is 5.69 Å². The van der Waals surface area contributed by atoms with Crippen molar-refractivity contribution in [2.24, 2.45) is 0 Å². The number of methoxy groups -OCH3 is 1. The maximum absolute atomic E-state index is 12.1. The fourth-order valence-corrected chi connectivity index (χ4v) is 2.03. The summed E-state index contributed by atoms with van der Waals surface area (Å²) < 4.78 is 6.30. The quantitative estimate of drug-likeness (QED) is 0.558. The Morgan fingerprint density at radius 3 is 2.67 bits per heavy atom. The second-order valence-electron chi connectivity index (χ2n) is 4.83. The smallest absolute Gasteiger partial charge is 0.305 e. The number of hydrogen-bond acceptors (Lipinski definition) is 4. The molecule has 1 aromatic rings. The summed E-state index contributed by atoms with van der Waals surface area (Å²) in [6, 6.07) is 1.84. The Hall–Kier alpha value is -1.85. The number of nitrogens with one attached hydrogen (secondary N) is 1. The van der Waals surface area contributed by atoms with Crippen molar-refractivity contribution >= 4 is 11.9 Å². The van der Waals surface area contributed by atoms with Crippen LogP contribution in [0, 0.1) is 0 Å². The first-order chi connectivity index (χ1) is 10.1. The highest BCUT2D eigenvalue weighted by atomic mass is 16.5. The molecule has 0 aliphatic carbocycles. The van der Waals surface area contributed by atoms with Gasteiger partial charge < -0.3 is 10.1 Å². The van der Waals surface area contributed by atoms with Crippen molar-refractivity contribution in [1.29, 1.82) is 0 Å². The van der Waals surface area contributed by atoms with E-state index in [1.54, 1.807) is 4.68 Å². The second kappa shape index (κ2) is 9.15. The Labute approximate surface area is 125 Å². The summed E-state index contributed by atoms with van der Waals surface area (Å²) in [7, 11) is 1.39. The van der Waals surface area contributed by atoms with E-state index in [0.717, 1.165) is 31.4 Å². The summed E-state index contributed by atoms with van der Waals surface area (Å²) >= 11 is 0. The number of unbranched alkanes of at least 4 members (excludes halogenated alkanes) is 2.